The van der Waals surface area contributed by atoms with E-state index in [1.54, 1.807) is 13.2 Å². The van der Waals surface area contributed by atoms with E-state index in [2.05, 4.69) is 28.2 Å². The van der Waals surface area contributed by atoms with Crippen LogP contribution in [0.3, 0.4) is 0 Å². The van der Waals surface area contributed by atoms with E-state index in [-0.39, 0.29) is 11.9 Å². The van der Waals surface area contributed by atoms with Crippen molar-refractivity contribution in [2.75, 3.05) is 12.4 Å². The Morgan fingerprint density at radius 3 is 2.45 bits per heavy atom. The molecule has 2 nitrogen and oxygen atoms in total. The highest BCUT2D eigenvalue weighted by Crippen LogP contribution is 2.26. The molecule has 0 aromatic heterocycles. The van der Waals surface area contributed by atoms with E-state index in [1.165, 1.54) is 6.07 Å². The third-order valence-corrected chi connectivity index (χ3v) is 3.83. The quantitative estimate of drug-likeness (QED) is 0.813. The summed E-state index contributed by atoms with van der Waals surface area (Å²) in [4.78, 5) is 0. The van der Waals surface area contributed by atoms with Gasteiger partial charge in [-0.1, -0.05) is 19.1 Å². The molecule has 0 bridgehead atoms. The van der Waals surface area contributed by atoms with Gasteiger partial charge in [-0.2, -0.15) is 0 Å². The average molecular weight is 338 g/mol. The third kappa shape index (κ3) is 3.51. The number of halogens is 2. The number of methoxy groups -OCH3 is 1. The minimum absolute atomic E-state index is 0.140. The minimum Gasteiger partial charge on any atom is -0.497 e. The van der Waals surface area contributed by atoms with Crippen molar-refractivity contribution in [3.63, 3.8) is 0 Å². The minimum atomic E-state index is -0.264. The highest BCUT2D eigenvalue weighted by molar-refractivity contribution is 9.10. The normalized spacial score (nSPS) is 12.0. The second kappa shape index (κ2) is 6.75. The van der Waals surface area contributed by atoms with Crippen LogP contribution in [0.2, 0.25) is 0 Å². The molecule has 0 aliphatic carbocycles. The molecule has 20 heavy (non-hydrogen) atoms. The van der Waals surface area contributed by atoms with Gasteiger partial charge in [0.25, 0.3) is 0 Å². The number of hydrogen-bond acceptors (Lipinski definition) is 2. The van der Waals surface area contributed by atoms with E-state index in [1.807, 2.05) is 30.3 Å². The van der Waals surface area contributed by atoms with Gasteiger partial charge in [-0.25, -0.2) is 4.39 Å². The highest BCUT2D eigenvalue weighted by Gasteiger charge is 2.10. The zero-order valence-corrected chi connectivity index (χ0v) is 13.1. The van der Waals surface area contributed by atoms with Crippen molar-refractivity contribution in [1.29, 1.82) is 0 Å². The van der Waals surface area contributed by atoms with E-state index >= 15 is 0 Å². The largest absolute Gasteiger partial charge is 0.497 e. The van der Waals surface area contributed by atoms with Crippen LogP contribution in [0.5, 0.6) is 5.75 Å². The molecule has 0 spiro atoms. The van der Waals surface area contributed by atoms with Crippen molar-refractivity contribution in [2.45, 2.75) is 19.4 Å². The first-order chi connectivity index (χ1) is 9.63. The first-order valence-corrected chi connectivity index (χ1v) is 7.29. The molecule has 106 valence electrons. The Bertz CT molecular complexity index is 571. The molecule has 4 heteroatoms. The van der Waals surface area contributed by atoms with Crippen molar-refractivity contribution in [3.05, 3.63) is 58.3 Å². The number of hydrogen-bond donors (Lipinski definition) is 1. The fraction of sp³-hybridized carbons (Fsp3) is 0.250. The Labute approximate surface area is 127 Å². The van der Waals surface area contributed by atoms with Gasteiger partial charge >= 0.3 is 0 Å². The molecular formula is C16H17BrFNO. The van der Waals surface area contributed by atoms with Gasteiger partial charge in [-0.05, 0) is 58.2 Å². The second-order valence-corrected chi connectivity index (χ2v) is 5.36. The lowest BCUT2D eigenvalue weighted by Gasteiger charge is -2.19. The van der Waals surface area contributed by atoms with Gasteiger partial charge in [-0.3, -0.25) is 0 Å². The van der Waals surface area contributed by atoms with Crippen LogP contribution >= 0.6 is 15.9 Å². The average Bonchev–Trinajstić information content (AvgIpc) is 2.48. The van der Waals surface area contributed by atoms with Gasteiger partial charge in [0, 0.05) is 5.69 Å². The van der Waals surface area contributed by atoms with Crippen LogP contribution in [-0.4, -0.2) is 7.11 Å². The van der Waals surface area contributed by atoms with Crippen LogP contribution in [0.1, 0.15) is 24.9 Å². The third-order valence-electron chi connectivity index (χ3n) is 3.19. The predicted octanol–water partition coefficient (Wildman–Crippen LogP) is 5.16. The maximum absolute atomic E-state index is 13.5. The molecule has 2 aromatic carbocycles. The van der Waals surface area contributed by atoms with E-state index in [0.29, 0.717) is 4.47 Å². The lowest BCUT2D eigenvalue weighted by molar-refractivity contribution is 0.414. The van der Waals surface area contributed by atoms with Gasteiger partial charge < -0.3 is 10.1 Å². The van der Waals surface area contributed by atoms with E-state index in [9.17, 15) is 4.39 Å². The molecule has 0 aliphatic heterocycles. The zero-order valence-electron chi connectivity index (χ0n) is 11.5. The van der Waals surface area contributed by atoms with Crippen LogP contribution in [0.25, 0.3) is 0 Å². The molecule has 1 unspecified atom stereocenters. The highest BCUT2D eigenvalue weighted by atomic mass is 79.9. The molecule has 0 fully saturated rings. The second-order valence-electron chi connectivity index (χ2n) is 4.51. The summed E-state index contributed by atoms with van der Waals surface area (Å²) in [5.41, 5.74) is 1.92. The van der Waals surface area contributed by atoms with Crippen molar-refractivity contribution in [1.82, 2.24) is 0 Å². The predicted molar refractivity (Wildman–Crippen MR) is 83.7 cm³/mol. The van der Waals surface area contributed by atoms with Crippen molar-refractivity contribution < 1.29 is 9.13 Å². The molecule has 0 radical (unpaired) electrons. The van der Waals surface area contributed by atoms with Crippen LogP contribution in [0, 0.1) is 5.82 Å². The lowest BCUT2D eigenvalue weighted by atomic mass is 10.0. The monoisotopic (exact) mass is 337 g/mol. The van der Waals surface area contributed by atoms with Gasteiger partial charge in [0.1, 0.15) is 11.6 Å². The van der Waals surface area contributed by atoms with Crippen molar-refractivity contribution >= 4 is 21.6 Å². The fourth-order valence-corrected chi connectivity index (χ4v) is 2.29. The number of nitrogens with one attached hydrogen (secondary N) is 1. The Hall–Kier alpha value is -1.55. The van der Waals surface area contributed by atoms with Gasteiger partial charge in [-0.15, -0.1) is 0 Å². The topological polar surface area (TPSA) is 21.3 Å². The van der Waals surface area contributed by atoms with Gasteiger partial charge in [0.2, 0.25) is 0 Å². The summed E-state index contributed by atoms with van der Waals surface area (Å²) in [5.74, 6) is 0.567. The molecule has 0 saturated heterocycles. The zero-order chi connectivity index (χ0) is 14.5. The summed E-state index contributed by atoms with van der Waals surface area (Å²) in [6, 6.07) is 13.1. The molecule has 0 amide bonds. The summed E-state index contributed by atoms with van der Waals surface area (Å²) < 4.78 is 19.2. The molecule has 2 rings (SSSR count). The fourth-order valence-electron chi connectivity index (χ4n) is 2.04. The molecule has 0 heterocycles. The van der Waals surface area contributed by atoms with Crippen LogP contribution in [-0.2, 0) is 0 Å². The summed E-state index contributed by atoms with van der Waals surface area (Å²) in [5, 5.41) is 3.35. The standard InChI is InChI=1S/C16H17BrFNO/c1-3-16(11-4-7-13(20-2)8-5-11)19-12-6-9-14(17)15(18)10-12/h4-10,16,19H,3H2,1-2H3. The first-order valence-electron chi connectivity index (χ1n) is 6.49. The van der Waals surface area contributed by atoms with Crippen LogP contribution < -0.4 is 10.1 Å². The summed E-state index contributed by atoms with van der Waals surface area (Å²) >= 11 is 3.16. The molecule has 0 saturated carbocycles. The Balaban J connectivity index is 2.16. The van der Waals surface area contributed by atoms with Gasteiger partial charge in [0.15, 0.2) is 0 Å². The van der Waals surface area contributed by atoms with Crippen molar-refractivity contribution in [2.24, 2.45) is 0 Å². The SMILES string of the molecule is CCC(Nc1ccc(Br)c(F)c1)c1ccc(OC)cc1. The van der Waals surface area contributed by atoms with Crippen LogP contribution in [0.15, 0.2) is 46.9 Å². The lowest BCUT2D eigenvalue weighted by Crippen LogP contribution is -2.09. The maximum atomic E-state index is 13.5. The summed E-state index contributed by atoms with van der Waals surface area (Å²) in [6.07, 6.45) is 0.907. The summed E-state index contributed by atoms with van der Waals surface area (Å²) in [6.45, 7) is 2.09. The van der Waals surface area contributed by atoms with E-state index in [4.69, 9.17) is 4.74 Å². The van der Waals surface area contributed by atoms with Crippen molar-refractivity contribution in [3.8, 4) is 5.75 Å². The molecule has 2 aromatic rings. The number of rotatable bonds is 5. The van der Waals surface area contributed by atoms with E-state index < -0.39 is 0 Å². The maximum Gasteiger partial charge on any atom is 0.139 e. The molecule has 1 N–H and O–H groups in total. The Morgan fingerprint density at radius 2 is 1.90 bits per heavy atom. The Morgan fingerprint density at radius 1 is 1.20 bits per heavy atom. The molecule has 1 atom stereocenters. The molecule has 0 aliphatic rings. The Kier molecular flexibility index (Phi) is 5.01. The number of anilines is 1. The molecular weight excluding hydrogens is 321 g/mol. The smallest absolute Gasteiger partial charge is 0.139 e. The van der Waals surface area contributed by atoms with Gasteiger partial charge in [0.05, 0.1) is 17.6 Å². The summed E-state index contributed by atoms with van der Waals surface area (Å²) in [7, 11) is 1.65. The van der Waals surface area contributed by atoms with Crippen LogP contribution in [0.4, 0.5) is 10.1 Å². The number of ether oxygens (including phenoxy) is 1. The van der Waals surface area contributed by atoms with E-state index in [0.717, 1.165) is 23.4 Å². The first kappa shape index (κ1) is 14.9. The number of benzene rings is 2.